The van der Waals surface area contributed by atoms with Crippen LogP contribution in [0.15, 0.2) is 54.6 Å². The van der Waals surface area contributed by atoms with Crippen molar-refractivity contribution in [3.8, 4) is 11.8 Å². The molecule has 3 saturated heterocycles. The van der Waals surface area contributed by atoms with Crippen LogP contribution in [-0.2, 0) is 16.1 Å². The van der Waals surface area contributed by atoms with Gasteiger partial charge in [0.15, 0.2) is 11.5 Å². The van der Waals surface area contributed by atoms with E-state index in [0.29, 0.717) is 48.1 Å². The van der Waals surface area contributed by atoms with Gasteiger partial charge in [-0.15, -0.1) is 10.2 Å². The average molecular weight is 725 g/mol. The predicted octanol–water partition coefficient (Wildman–Crippen LogP) is 4.51. The van der Waals surface area contributed by atoms with Crippen LogP contribution in [-0.4, -0.2) is 100 Å². The summed E-state index contributed by atoms with van der Waals surface area (Å²) in [5.41, 5.74) is 8.09. The highest BCUT2D eigenvalue weighted by Gasteiger charge is 2.40. The van der Waals surface area contributed by atoms with Gasteiger partial charge in [-0.25, -0.2) is 0 Å². The second-order valence-corrected chi connectivity index (χ2v) is 14.8. The number of carbonyl (C=O) groups is 3. The van der Waals surface area contributed by atoms with Crippen LogP contribution in [0.4, 0.5) is 5.82 Å². The molecule has 4 heterocycles. The molecule has 1 aliphatic carbocycles. The van der Waals surface area contributed by atoms with Gasteiger partial charge in [0, 0.05) is 70.4 Å². The molecule has 1 unspecified atom stereocenters. The minimum atomic E-state index is -0.567. The summed E-state index contributed by atoms with van der Waals surface area (Å²) in [6.07, 6.45) is 5.89. The average Bonchev–Trinajstić information content (AvgIpc) is 3.16. The zero-order valence-electron chi connectivity index (χ0n) is 29.3. The van der Waals surface area contributed by atoms with E-state index in [2.05, 4.69) is 55.2 Å². The van der Waals surface area contributed by atoms with Gasteiger partial charge in [-0.05, 0) is 80.3 Å². The summed E-state index contributed by atoms with van der Waals surface area (Å²) in [6, 6.07) is 19.5. The van der Waals surface area contributed by atoms with Gasteiger partial charge in [-0.3, -0.25) is 29.1 Å². The van der Waals surface area contributed by atoms with Gasteiger partial charge in [-0.1, -0.05) is 35.9 Å². The monoisotopic (exact) mass is 724 g/mol. The molecule has 7 rings (SSSR count). The number of piperidine rings is 2. The molecule has 272 valence electrons. The second-order valence-electron chi connectivity index (χ2n) is 14.4. The number of anilines is 1. The van der Waals surface area contributed by atoms with E-state index in [1.165, 1.54) is 5.56 Å². The van der Waals surface area contributed by atoms with E-state index in [9.17, 15) is 14.4 Å². The lowest BCUT2D eigenvalue weighted by Gasteiger charge is -2.43. The second kappa shape index (κ2) is 16.0. The molecule has 0 spiro atoms. The first kappa shape index (κ1) is 35.8. The Kier molecular flexibility index (Phi) is 11.0. The van der Waals surface area contributed by atoms with Crippen molar-refractivity contribution in [1.29, 1.82) is 5.26 Å². The zero-order chi connectivity index (χ0) is 36.2. The van der Waals surface area contributed by atoms with Crippen molar-refractivity contribution >= 4 is 35.1 Å². The molecular weight excluding hydrogens is 680 g/mol. The van der Waals surface area contributed by atoms with Crippen molar-refractivity contribution in [3.05, 3.63) is 82.0 Å². The molecule has 1 saturated carbocycles. The summed E-state index contributed by atoms with van der Waals surface area (Å²) in [6.45, 7) is 6.77. The number of rotatable bonds is 9. The van der Waals surface area contributed by atoms with E-state index in [0.717, 1.165) is 82.9 Å². The van der Waals surface area contributed by atoms with Crippen molar-refractivity contribution in [1.82, 2.24) is 24.9 Å². The van der Waals surface area contributed by atoms with E-state index in [1.54, 1.807) is 29.2 Å². The number of ether oxygens (including phenoxy) is 1. The van der Waals surface area contributed by atoms with Crippen LogP contribution in [0.25, 0.3) is 0 Å². The lowest BCUT2D eigenvalue weighted by molar-refractivity contribution is -0.153. The summed E-state index contributed by atoms with van der Waals surface area (Å²) in [5.74, 6) is 0.385. The molecule has 3 amide bonds. The van der Waals surface area contributed by atoms with E-state index < -0.39 is 5.91 Å². The van der Waals surface area contributed by atoms with E-state index in [4.69, 9.17) is 27.3 Å². The normalized spacial score (nSPS) is 23.7. The van der Waals surface area contributed by atoms with Gasteiger partial charge < -0.3 is 15.4 Å². The molecule has 1 atom stereocenters. The fourth-order valence-corrected chi connectivity index (χ4v) is 8.47. The van der Waals surface area contributed by atoms with Gasteiger partial charge in [0.25, 0.3) is 5.91 Å². The number of aromatic nitrogens is 2. The Bertz CT molecular complexity index is 1790. The topological polar surface area (TPSA) is 149 Å². The summed E-state index contributed by atoms with van der Waals surface area (Å²) >= 11 is 6.18. The van der Waals surface area contributed by atoms with Crippen LogP contribution < -0.4 is 15.4 Å². The number of nitrogens with two attached hydrogens (primary N) is 1. The Hall–Kier alpha value is -4.57. The highest BCUT2D eigenvalue weighted by atomic mass is 35.5. The number of halogens is 1. The minimum Gasteiger partial charge on any atom is -0.490 e. The molecule has 2 aromatic carbocycles. The third-order valence-corrected chi connectivity index (χ3v) is 11.5. The maximum atomic E-state index is 13.8. The third-order valence-electron chi connectivity index (χ3n) is 11.2. The van der Waals surface area contributed by atoms with Crippen molar-refractivity contribution in [2.24, 2.45) is 5.73 Å². The molecule has 0 bridgehead atoms. The van der Waals surface area contributed by atoms with E-state index >= 15 is 0 Å². The fourth-order valence-electron chi connectivity index (χ4n) is 8.25. The third kappa shape index (κ3) is 8.07. The largest absolute Gasteiger partial charge is 0.490 e. The van der Waals surface area contributed by atoms with Gasteiger partial charge >= 0.3 is 0 Å². The number of hydrogen-bond acceptors (Lipinski definition) is 10. The first-order chi connectivity index (χ1) is 25.2. The Balaban J connectivity index is 0.861. The molecule has 3 aliphatic heterocycles. The first-order valence-corrected chi connectivity index (χ1v) is 18.8. The quantitative estimate of drug-likeness (QED) is 0.313. The number of nitrogens with zero attached hydrogens (tertiary/aromatic N) is 7. The smallest absolute Gasteiger partial charge is 0.269 e. The number of carbonyl (C=O) groups excluding carboxylic acids is 3. The first-order valence-electron chi connectivity index (χ1n) is 18.4. The maximum absolute atomic E-state index is 13.8. The molecule has 13 heteroatoms. The molecule has 1 aromatic heterocycles. The summed E-state index contributed by atoms with van der Waals surface area (Å²) in [7, 11) is 0. The molecule has 12 nitrogen and oxygen atoms in total. The van der Waals surface area contributed by atoms with Crippen molar-refractivity contribution in [2.45, 2.75) is 82.0 Å². The number of nitriles is 1. The zero-order valence-corrected chi connectivity index (χ0v) is 30.1. The van der Waals surface area contributed by atoms with E-state index in [1.807, 2.05) is 6.07 Å². The maximum Gasteiger partial charge on any atom is 0.269 e. The van der Waals surface area contributed by atoms with Crippen LogP contribution in [0.3, 0.4) is 0 Å². The Morgan fingerprint density at radius 1 is 0.865 bits per heavy atom. The molecule has 4 fully saturated rings. The van der Waals surface area contributed by atoms with Crippen LogP contribution in [0, 0.1) is 11.3 Å². The molecule has 4 aliphatic rings. The number of hydrogen-bond donors (Lipinski definition) is 1. The highest BCUT2D eigenvalue weighted by molar-refractivity contribution is 6.31. The molecule has 3 aromatic rings. The van der Waals surface area contributed by atoms with Gasteiger partial charge in [-0.2, -0.15) is 5.26 Å². The molecular formula is C39H45ClN8O4. The van der Waals surface area contributed by atoms with Crippen LogP contribution in [0.2, 0.25) is 5.02 Å². The van der Waals surface area contributed by atoms with E-state index in [-0.39, 0.29) is 35.6 Å². The molecule has 2 N–H and O–H groups in total. The molecule has 52 heavy (non-hydrogen) atoms. The summed E-state index contributed by atoms with van der Waals surface area (Å²) < 4.78 is 6.14. The predicted molar refractivity (Wildman–Crippen MR) is 196 cm³/mol. The Morgan fingerprint density at radius 2 is 1.60 bits per heavy atom. The fraction of sp³-hybridized carbons (Fsp3) is 0.487. The minimum absolute atomic E-state index is 0.0304. The summed E-state index contributed by atoms with van der Waals surface area (Å²) in [4.78, 5) is 47.0. The number of likely N-dealkylation sites (tertiary alicyclic amines) is 1. The van der Waals surface area contributed by atoms with Gasteiger partial charge in [0.2, 0.25) is 11.8 Å². The highest BCUT2D eigenvalue weighted by Crippen LogP contribution is 2.35. The number of imide groups is 1. The lowest BCUT2D eigenvalue weighted by Crippen LogP contribution is -2.53. The Morgan fingerprint density at radius 3 is 2.23 bits per heavy atom. The van der Waals surface area contributed by atoms with Crippen LogP contribution in [0.1, 0.15) is 84.5 Å². The van der Waals surface area contributed by atoms with Crippen molar-refractivity contribution in [3.63, 3.8) is 0 Å². The lowest BCUT2D eigenvalue weighted by atomic mass is 9.85. The molecule has 0 radical (unpaired) electrons. The SMILES string of the molecule is N#Cc1ccc(OC2CCC(N3C(=O)CCC(c4ccc(CN5CCN(C6CCN(c7ccc(C(N)=O)nn7)CC6)CC5)cc4)C3=O)CC2)cc1Cl. The number of piperazine rings is 1. The number of benzene rings is 2. The Labute approximate surface area is 309 Å². The number of primary amides is 1. The van der Waals surface area contributed by atoms with Gasteiger partial charge in [0.05, 0.1) is 22.6 Å². The van der Waals surface area contributed by atoms with Crippen LogP contribution in [0.5, 0.6) is 5.75 Å². The standard InChI is InChI=1S/C39H45ClN8O4/c40-34-23-32(8-5-28(34)24-41)52-31-9-6-30(7-10-31)48-37(49)14-11-33(39(48)51)27-3-1-26(2-4-27)25-45-19-21-46(22-20-45)29-15-17-47(18-16-29)36-13-12-35(38(42)50)43-44-36/h1-5,8,12-13,23,29-31,33H,6-7,9-11,14-22,25H2,(H2,42,50). The van der Waals surface area contributed by atoms with Crippen molar-refractivity contribution < 1.29 is 19.1 Å². The number of amides is 3. The van der Waals surface area contributed by atoms with Crippen LogP contribution >= 0.6 is 11.6 Å². The summed E-state index contributed by atoms with van der Waals surface area (Å²) in [5, 5.41) is 17.6. The van der Waals surface area contributed by atoms with Crippen molar-refractivity contribution in [2.75, 3.05) is 44.2 Å². The van der Waals surface area contributed by atoms with Gasteiger partial charge in [0.1, 0.15) is 11.8 Å².